The zero-order valence-electron chi connectivity index (χ0n) is 13.3. The molecular formula is C19H22N2O2. The van der Waals surface area contributed by atoms with Crippen molar-refractivity contribution in [1.29, 1.82) is 0 Å². The van der Waals surface area contributed by atoms with Crippen LogP contribution >= 0.6 is 0 Å². The Hall–Kier alpha value is -2.17. The zero-order chi connectivity index (χ0) is 16.2. The molecule has 3 atom stereocenters. The molecule has 1 fully saturated rings. The number of nitrogens with zero attached hydrogens (tertiary/aromatic N) is 1. The number of benzene rings is 2. The molecule has 1 amide bonds. The molecule has 1 saturated heterocycles. The van der Waals surface area contributed by atoms with Crippen LogP contribution in [-0.4, -0.2) is 30.0 Å². The van der Waals surface area contributed by atoms with Gasteiger partial charge in [-0.15, -0.1) is 0 Å². The third-order valence-corrected chi connectivity index (χ3v) is 4.31. The molecule has 0 aliphatic carbocycles. The second kappa shape index (κ2) is 6.94. The molecule has 2 aromatic rings. The molecule has 2 aromatic carbocycles. The topological polar surface area (TPSA) is 55.6 Å². The minimum absolute atomic E-state index is 0.0252. The quantitative estimate of drug-likeness (QED) is 0.948. The Morgan fingerprint density at radius 3 is 2.39 bits per heavy atom. The molecule has 23 heavy (non-hydrogen) atoms. The summed E-state index contributed by atoms with van der Waals surface area (Å²) in [4.78, 5) is 14.7. The fourth-order valence-electron chi connectivity index (χ4n) is 2.91. The summed E-state index contributed by atoms with van der Waals surface area (Å²) < 4.78 is 5.91. The first-order chi connectivity index (χ1) is 11.2. The van der Waals surface area contributed by atoms with Crippen molar-refractivity contribution in [3.05, 3.63) is 71.8 Å². The highest BCUT2D eigenvalue weighted by Crippen LogP contribution is 2.26. The van der Waals surface area contributed by atoms with E-state index in [0.717, 1.165) is 11.1 Å². The number of amides is 1. The van der Waals surface area contributed by atoms with Crippen molar-refractivity contribution in [3.63, 3.8) is 0 Å². The van der Waals surface area contributed by atoms with Gasteiger partial charge in [0.15, 0.2) is 0 Å². The van der Waals surface area contributed by atoms with Gasteiger partial charge in [0.1, 0.15) is 12.1 Å². The summed E-state index contributed by atoms with van der Waals surface area (Å²) in [6, 6.07) is 18.9. The van der Waals surface area contributed by atoms with Crippen LogP contribution in [-0.2, 0) is 9.53 Å². The van der Waals surface area contributed by atoms with Crippen LogP contribution in [0.3, 0.4) is 0 Å². The van der Waals surface area contributed by atoms with Crippen molar-refractivity contribution >= 4 is 5.91 Å². The summed E-state index contributed by atoms with van der Waals surface area (Å²) in [6.07, 6.45) is -0.0978. The first-order valence-corrected chi connectivity index (χ1v) is 7.94. The van der Waals surface area contributed by atoms with Gasteiger partial charge in [0.2, 0.25) is 5.91 Å². The number of carbonyl (C=O) groups excluding carboxylic acids is 1. The highest BCUT2D eigenvalue weighted by molar-refractivity contribution is 5.83. The van der Waals surface area contributed by atoms with Crippen LogP contribution in [0.25, 0.3) is 0 Å². The summed E-state index contributed by atoms with van der Waals surface area (Å²) >= 11 is 0. The Bertz CT molecular complexity index is 645. The smallest absolute Gasteiger partial charge is 0.244 e. The Morgan fingerprint density at radius 1 is 1.13 bits per heavy atom. The molecule has 0 spiro atoms. The minimum Gasteiger partial charge on any atom is -0.370 e. The van der Waals surface area contributed by atoms with E-state index in [-0.39, 0.29) is 18.1 Å². The monoisotopic (exact) mass is 310 g/mol. The molecule has 1 aliphatic heterocycles. The number of ether oxygens (including phenoxy) is 1. The first-order valence-electron chi connectivity index (χ1n) is 7.94. The molecule has 4 heteroatoms. The van der Waals surface area contributed by atoms with Crippen LogP contribution in [0.5, 0.6) is 0 Å². The van der Waals surface area contributed by atoms with Crippen molar-refractivity contribution in [2.24, 2.45) is 5.73 Å². The Balaban J connectivity index is 1.76. The van der Waals surface area contributed by atoms with Crippen molar-refractivity contribution in [1.82, 2.24) is 4.90 Å². The van der Waals surface area contributed by atoms with Crippen LogP contribution in [0.4, 0.5) is 0 Å². The lowest BCUT2D eigenvalue weighted by atomic mass is 10.0. The fraction of sp³-hybridized carbons (Fsp3) is 0.316. The van der Waals surface area contributed by atoms with E-state index in [1.165, 1.54) is 0 Å². The van der Waals surface area contributed by atoms with E-state index in [1.807, 2.05) is 72.5 Å². The van der Waals surface area contributed by atoms with E-state index in [1.54, 1.807) is 0 Å². The van der Waals surface area contributed by atoms with Crippen LogP contribution in [0.1, 0.15) is 30.2 Å². The molecule has 0 unspecified atom stereocenters. The predicted molar refractivity (Wildman–Crippen MR) is 89.7 cm³/mol. The number of hydrogen-bond acceptors (Lipinski definition) is 3. The van der Waals surface area contributed by atoms with E-state index >= 15 is 0 Å². The second-order valence-corrected chi connectivity index (χ2v) is 5.96. The molecule has 1 aliphatic rings. The van der Waals surface area contributed by atoms with E-state index in [2.05, 4.69) is 0 Å². The van der Waals surface area contributed by atoms with Gasteiger partial charge in [0.05, 0.1) is 19.2 Å². The number of hydrogen-bond donors (Lipinski definition) is 1. The Kier molecular flexibility index (Phi) is 4.74. The summed E-state index contributed by atoms with van der Waals surface area (Å²) in [5, 5.41) is 0. The average Bonchev–Trinajstić information content (AvgIpc) is 2.62. The number of carbonyl (C=O) groups is 1. The molecular weight excluding hydrogens is 288 g/mol. The van der Waals surface area contributed by atoms with E-state index in [0.29, 0.717) is 13.2 Å². The second-order valence-electron chi connectivity index (χ2n) is 5.96. The molecule has 0 aromatic heterocycles. The Labute approximate surface area is 136 Å². The van der Waals surface area contributed by atoms with E-state index < -0.39 is 6.04 Å². The van der Waals surface area contributed by atoms with Gasteiger partial charge in [0.25, 0.3) is 0 Å². The maximum absolute atomic E-state index is 12.8. The number of morpholine rings is 1. The molecule has 3 rings (SSSR count). The predicted octanol–water partition coefficient (Wildman–Crippen LogP) is 2.68. The molecule has 0 bridgehead atoms. The van der Waals surface area contributed by atoms with Crippen molar-refractivity contribution in [3.8, 4) is 0 Å². The molecule has 1 heterocycles. The summed E-state index contributed by atoms with van der Waals surface area (Å²) in [7, 11) is 0. The average molecular weight is 310 g/mol. The lowest BCUT2D eigenvalue weighted by Crippen LogP contribution is -2.51. The molecule has 4 nitrogen and oxygen atoms in total. The maximum Gasteiger partial charge on any atom is 0.244 e. The summed E-state index contributed by atoms with van der Waals surface area (Å²) in [5.74, 6) is -0.0482. The maximum atomic E-state index is 12.8. The van der Waals surface area contributed by atoms with Crippen molar-refractivity contribution in [2.45, 2.75) is 25.1 Å². The SMILES string of the molecule is C[C@@H]1CO[C@H](c2ccccc2)CN1C(=O)[C@@H](N)c1ccccc1. The highest BCUT2D eigenvalue weighted by atomic mass is 16.5. The van der Waals surface area contributed by atoms with Gasteiger partial charge >= 0.3 is 0 Å². The van der Waals surface area contributed by atoms with Crippen LogP contribution in [0.2, 0.25) is 0 Å². The van der Waals surface area contributed by atoms with E-state index in [4.69, 9.17) is 10.5 Å². The zero-order valence-corrected chi connectivity index (χ0v) is 13.3. The molecule has 2 N–H and O–H groups in total. The lowest BCUT2D eigenvalue weighted by molar-refractivity contribution is -0.146. The van der Waals surface area contributed by atoms with Gasteiger partial charge in [-0.25, -0.2) is 0 Å². The first kappa shape index (κ1) is 15.7. The summed E-state index contributed by atoms with van der Waals surface area (Å²) in [6.45, 7) is 3.05. The lowest BCUT2D eigenvalue weighted by Gasteiger charge is -2.39. The standard InChI is InChI=1S/C19H22N2O2/c1-14-13-23-17(15-8-4-2-5-9-15)12-21(14)19(22)18(20)16-10-6-3-7-11-16/h2-11,14,17-18H,12-13,20H2,1H3/t14-,17+,18+/m1/s1. The fourth-order valence-corrected chi connectivity index (χ4v) is 2.91. The van der Waals surface area contributed by atoms with Crippen LogP contribution in [0, 0.1) is 0 Å². The molecule has 0 saturated carbocycles. The minimum atomic E-state index is -0.631. The Morgan fingerprint density at radius 2 is 1.74 bits per heavy atom. The van der Waals surface area contributed by atoms with Gasteiger partial charge in [0, 0.05) is 0 Å². The number of rotatable bonds is 3. The van der Waals surface area contributed by atoms with Gasteiger partial charge in [-0.3, -0.25) is 4.79 Å². The molecule has 0 radical (unpaired) electrons. The van der Waals surface area contributed by atoms with Crippen LogP contribution < -0.4 is 5.73 Å². The van der Waals surface area contributed by atoms with E-state index in [9.17, 15) is 4.79 Å². The summed E-state index contributed by atoms with van der Waals surface area (Å²) in [5.41, 5.74) is 8.11. The van der Waals surface area contributed by atoms with Gasteiger partial charge in [-0.2, -0.15) is 0 Å². The van der Waals surface area contributed by atoms with Crippen LogP contribution in [0.15, 0.2) is 60.7 Å². The molecule has 120 valence electrons. The van der Waals surface area contributed by atoms with Crippen molar-refractivity contribution in [2.75, 3.05) is 13.2 Å². The third-order valence-electron chi connectivity index (χ3n) is 4.31. The van der Waals surface area contributed by atoms with Gasteiger partial charge in [-0.05, 0) is 18.1 Å². The largest absolute Gasteiger partial charge is 0.370 e. The number of nitrogens with two attached hydrogens (primary N) is 1. The van der Waals surface area contributed by atoms with Gasteiger partial charge < -0.3 is 15.4 Å². The normalized spacial score (nSPS) is 22.6. The van der Waals surface area contributed by atoms with Crippen molar-refractivity contribution < 1.29 is 9.53 Å². The highest BCUT2D eigenvalue weighted by Gasteiger charge is 2.33. The van der Waals surface area contributed by atoms with Gasteiger partial charge in [-0.1, -0.05) is 60.7 Å². The third kappa shape index (κ3) is 3.44.